The zero-order chi connectivity index (χ0) is 14.4. The van der Waals surface area contributed by atoms with E-state index in [0.29, 0.717) is 13.1 Å². The highest BCUT2D eigenvalue weighted by molar-refractivity contribution is 5.97. The number of nitrogens with one attached hydrogen (secondary N) is 1. The van der Waals surface area contributed by atoms with E-state index < -0.39 is 5.91 Å². The second-order valence-electron chi connectivity index (χ2n) is 4.02. The Morgan fingerprint density at radius 3 is 2.47 bits per heavy atom. The van der Waals surface area contributed by atoms with Crippen molar-refractivity contribution in [2.45, 2.75) is 13.8 Å². The van der Waals surface area contributed by atoms with Crippen LogP contribution in [0.25, 0.3) is 0 Å². The van der Waals surface area contributed by atoms with Crippen LogP contribution in [0, 0.1) is 0 Å². The number of aromatic hydroxyl groups is 1. The summed E-state index contributed by atoms with van der Waals surface area (Å²) in [4.78, 5) is 25.1. The molecule has 6 nitrogen and oxygen atoms in total. The Labute approximate surface area is 112 Å². The van der Waals surface area contributed by atoms with Gasteiger partial charge in [-0.25, -0.2) is 0 Å². The molecule has 0 saturated heterocycles. The minimum atomic E-state index is -0.421. The zero-order valence-electron chi connectivity index (χ0n) is 11.1. The molecule has 0 spiro atoms. The molecule has 0 aliphatic rings. The van der Waals surface area contributed by atoms with Gasteiger partial charge in [-0.05, 0) is 32.0 Å². The molecule has 104 valence electrons. The molecule has 0 fully saturated rings. The van der Waals surface area contributed by atoms with Crippen LogP contribution in [-0.2, 0) is 4.79 Å². The maximum atomic E-state index is 11.8. The fourth-order valence-electron chi connectivity index (χ4n) is 1.63. The SMILES string of the molecule is CCN(CC)C(=O)CNC(=O)c1ccc(N)c(O)c1. The van der Waals surface area contributed by atoms with Crippen molar-refractivity contribution in [1.82, 2.24) is 10.2 Å². The molecule has 6 heteroatoms. The van der Waals surface area contributed by atoms with Crippen LogP contribution in [0.4, 0.5) is 5.69 Å². The van der Waals surface area contributed by atoms with Crippen LogP contribution in [0.15, 0.2) is 18.2 Å². The third kappa shape index (κ3) is 3.87. The molecule has 1 aromatic rings. The van der Waals surface area contributed by atoms with Crippen LogP contribution in [-0.4, -0.2) is 41.5 Å². The molecule has 0 unspecified atom stereocenters. The number of likely N-dealkylation sites (N-methyl/N-ethyl adjacent to an activating group) is 1. The van der Waals surface area contributed by atoms with Crippen molar-refractivity contribution < 1.29 is 14.7 Å². The van der Waals surface area contributed by atoms with Crippen molar-refractivity contribution in [2.75, 3.05) is 25.4 Å². The van der Waals surface area contributed by atoms with E-state index in [-0.39, 0.29) is 29.5 Å². The lowest BCUT2D eigenvalue weighted by Gasteiger charge is -2.18. The number of benzene rings is 1. The first-order valence-corrected chi connectivity index (χ1v) is 6.14. The van der Waals surface area contributed by atoms with E-state index in [1.54, 1.807) is 4.90 Å². The summed E-state index contributed by atoms with van der Waals surface area (Å²) in [5.74, 6) is -0.712. The van der Waals surface area contributed by atoms with Crippen LogP contribution < -0.4 is 11.1 Å². The lowest BCUT2D eigenvalue weighted by molar-refractivity contribution is -0.129. The van der Waals surface area contributed by atoms with Gasteiger partial charge < -0.3 is 21.1 Å². The number of phenols is 1. The summed E-state index contributed by atoms with van der Waals surface area (Å²) in [5.41, 5.74) is 5.91. The lowest BCUT2D eigenvalue weighted by atomic mass is 10.2. The van der Waals surface area contributed by atoms with Crippen molar-refractivity contribution in [1.29, 1.82) is 0 Å². The molecule has 2 amide bonds. The Morgan fingerprint density at radius 1 is 1.32 bits per heavy atom. The first-order valence-electron chi connectivity index (χ1n) is 6.14. The van der Waals surface area contributed by atoms with Gasteiger partial charge in [-0.2, -0.15) is 0 Å². The van der Waals surface area contributed by atoms with E-state index in [1.165, 1.54) is 18.2 Å². The lowest BCUT2D eigenvalue weighted by Crippen LogP contribution is -2.39. The topological polar surface area (TPSA) is 95.7 Å². The van der Waals surface area contributed by atoms with Crippen molar-refractivity contribution >= 4 is 17.5 Å². The highest BCUT2D eigenvalue weighted by Gasteiger charge is 2.12. The van der Waals surface area contributed by atoms with Gasteiger partial charge in [0.25, 0.3) is 5.91 Å². The quantitative estimate of drug-likeness (QED) is 0.536. The molecular formula is C13H19N3O3. The average Bonchev–Trinajstić information content (AvgIpc) is 2.40. The first-order chi connectivity index (χ1) is 8.99. The van der Waals surface area contributed by atoms with Gasteiger partial charge in [0.1, 0.15) is 5.75 Å². The number of rotatable bonds is 5. The van der Waals surface area contributed by atoms with Crippen LogP contribution >= 0.6 is 0 Å². The number of carbonyl (C=O) groups excluding carboxylic acids is 2. The summed E-state index contributed by atoms with van der Waals surface area (Å²) in [7, 11) is 0. The first kappa shape index (κ1) is 14.8. The third-order valence-corrected chi connectivity index (χ3v) is 2.81. The maximum Gasteiger partial charge on any atom is 0.251 e. The largest absolute Gasteiger partial charge is 0.506 e. The standard InChI is InChI=1S/C13H19N3O3/c1-3-16(4-2)12(18)8-15-13(19)9-5-6-10(14)11(17)7-9/h5-7,17H,3-4,8,14H2,1-2H3,(H,15,19). The maximum absolute atomic E-state index is 11.8. The predicted molar refractivity (Wildman–Crippen MR) is 72.8 cm³/mol. The van der Waals surface area contributed by atoms with Crippen molar-refractivity contribution in [2.24, 2.45) is 0 Å². The second kappa shape index (κ2) is 6.63. The van der Waals surface area contributed by atoms with Gasteiger partial charge in [0, 0.05) is 18.7 Å². The molecular weight excluding hydrogens is 246 g/mol. The smallest absolute Gasteiger partial charge is 0.251 e. The molecule has 0 heterocycles. The fourth-order valence-corrected chi connectivity index (χ4v) is 1.63. The van der Waals surface area contributed by atoms with Crippen molar-refractivity contribution in [3.8, 4) is 5.75 Å². The van der Waals surface area contributed by atoms with E-state index >= 15 is 0 Å². The van der Waals surface area contributed by atoms with E-state index in [4.69, 9.17) is 5.73 Å². The predicted octanol–water partition coefficient (Wildman–Crippen LogP) is 0.573. The zero-order valence-corrected chi connectivity index (χ0v) is 11.1. The number of phenolic OH excluding ortho intramolecular Hbond substituents is 1. The molecule has 0 saturated carbocycles. The van der Waals surface area contributed by atoms with Crippen LogP contribution in [0.5, 0.6) is 5.75 Å². The van der Waals surface area contributed by atoms with E-state index in [1.807, 2.05) is 13.8 Å². The number of nitrogens with zero attached hydrogens (tertiary/aromatic N) is 1. The van der Waals surface area contributed by atoms with Gasteiger partial charge in [0.05, 0.1) is 12.2 Å². The molecule has 0 aliphatic heterocycles. The molecule has 19 heavy (non-hydrogen) atoms. The summed E-state index contributed by atoms with van der Waals surface area (Å²) in [6.45, 7) is 4.90. The Morgan fingerprint density at radius 2 is 1.95 bits per heavy atom. The van der Waals surface area contributed by atoms with Crippen LogP contribution in [0.2, 0.25) is 0 Å². The van der Waals surface area contributed by atoms with E-state index in [9.17, 15) is 14.7 Å². The summed E-state index contributed by atoms with van der Waals surface area (Å²) in [6.07, 6.45) is 0. The number of hydrogen-bond donors (Lipinski definition) is 3. The van der Waals surface area contributed by atoms with Gasteiger partial charge in [-0.1, -0.05) is 0 Å². The summed E-state index contributed by atoms with van der Waals surface area (Å²) in [5, 5.41) is 11.9. The highest BCUT2D eigenvalue weighted by atomic mass is 16.3. The Balaban J connectivity index is 2.60. The average molecular weight is 265 g/mol. The molecule has 1 rings (SSSR count). The molecule has 4 N–H and O–H groups in total. The number of carbonyl (C=O) groups is 2. The van der Waals surface area contributed by atoms with Crippen LogP contribution in [0.1, 0.15) is 24.2 Å². The fraction of sp³-hybridized carbons (Fsp3) is 0.385. The summed E-state index contributed by atoms with van der Waals surface area (Å²) in [6, 6.07) is 4.20. The Bertz CT molecular complexity index is 470. The van der Waals surface area contributed by atoms with Gasteiger partial charge in [0.2, 0.25) is 5.91 Å². The summed E-state index contributed by atoms with van der Waals surface area (Å²) >= 11 is 0. The number of nitrogens with two attached hydrogens (primary N) is 1. The minimum Gasteiger partial charge on any atom is -0.506 e. The number of amides is 2. The Hall–Kier alpha value is -2.24. The van der Waals surface area contributed by atoms with E-state index in [2.05, 4.69) is 5.32 Å². The third-order valence-electron chi connectivity index (χ3n) is 2.81. The summed E-state index contributed by atoms with van der Waals surface area (Å²) < 4.78 is 0. The molecule has 0 aliphatic carbocycles. The number of hydrogen-bond acceptors (Lipinski definition) is 4. The van der Waals surface area contributed by atoms with Gasteiger partial charge in [-0.3, -0.25) is 9.59 Å². The number of nitrogen functional groups attached to an aromatic ring is 1. The molecule has 0 radical (unpaired) electrons. The monoisotopic (exact) mass is 265 g/mol. The minimum absolute atomic E-state index is 0.0638. The molecule has 0 atom stereocenters. The number of anilines is 1. The Kier molecular flexibility index (Phi) is 5.17. The van der Waals surface area contributed by atoms with Gasteiger partial charge >= 0.3 is 0 Å². The van der Waals surface area contributed by atoms with Crippen molar-refractivity contribution in [3.05, 3.63) is 23.8 Å². The second-order valence-corrected chi connectivity index (χ2v) is 4.02. The highest BCUT2D eigenvalue weighted by Crippen LogP contribution is 2.20. The van der Waals surface area contributed by atoms with Gasteiger partial charge in [-0.15, -0.1) is 0 Å². The van der Waals surface area contributed by atoms with Crippen LogP contribution in [0.3, 0.4) is 0 Å². The normalized spacial score (nSPS) is 10.0. The van der Waals surface area contributed by atoms with E-state index in [0.717, 1.165) is 0 Å². The molecule has 0 aromatic heterocycles. The van der Waals surface area contributed by atoms with Gasteiger partial charge in [0.15, 0.2) is 0 Å². The van der Waals surface area contributed by atoms with Crippen molar-refractivity contribution in [3.63, 3.8) is 0 Å². The molecule has 0 bridgehead atoms. The molecule has 1 aromatic carbocycles.